The minimum absolute atomic E-state index is 0.102. The molecule has 2 rings (SSSR count). The Bertz CT molecular complexity index is 543. The third-order valence-corrected chi connectivity index (χ3v) is 3.36. The molecule has 0 bridgehead atoms. The molecule has 1 aliphatic rings. The highest BCUT2D eigenvalue weighted by Gasteiger charge is 2.32. The van der Waals surface area contributed by atoms with E-state index in [4.69, 9.17) is 10.8 Å². The molecule has 0 saturated carbocycles. The summed E-state index contributed by atoms with van der Waals surface area (Å²) in [6.07, 6.45) is -4.81. The molecule has 1 fully saturated rings. The number of aliphatic hydroxyl groups excluding tert-OH is 1. The van der Waals surface area contributed by atoms with Crippen LogP contribution in [-0.2, 0) is 4.79 Å². The molecule has 6 nitrogen and oxygen atoms in total. The maximum atomic E-state index is 12.3. The fraction of sp³-hybridized carbons (Fsp3) is 0.462. The molecule has 9 heteroatoms. The molecule has 1 amide bonds. The van der Waals surface area contributed by atoms with Crippen LogP contribution in [0.15, 0.2) is 18.2 Å². The van der Waals surface area contributed by atoms with Gasteiger partial charge < -0.3 is 25.4 Å². The molecule has 1 aliphatic heterocycles. The number of amides is 1. The number of carbonyl (C=O) groups is 1. The maximum absolute atomic E-state index is 12.3. The van der Waals surface area contributed by atoms with E-state index in [1.165, 1.54) is 17.0 Å². The fourth-order valence-electron chi connectivity index (χ4n) is 2.25. The number of ether oxygens (including phenoxy) is 1. The summed E-state index contributed by atoms with van der Waals surface area (Å²) in [5.41, 5.74) is 5.91. The third kappa shape index (κ3) is 3.94. The lowest BCUT2D eigenvalue weighted by atomic mass is 10.2. The minimum atomic E-state index is -4.81. The van der Waals surface area contributed by atoms with Gasteiger partial charge in [-0.05, 0) is 12.1 Å². The first-order valence-corrected chi connectivity index (χ1v) is 6.59. The Morgan fingerprint density at radius 1 is 1.27 bits per heavy atom. The summed E-state index contributed by atoms with van der Waals surface area (Å²) in [6, 6.07) is 4.18. The van der Waals surface area contributed by atoms with Gasteiger partial charge in [0.1, 0.15) is 6.61 Å². The number of anilines is 2. The highest BCUT2D eigenvalue weighted by Crippen LogP contribution is 2.32. The van der Waals surface area contributed by atoms with E-state index in [-0.39, 0.29) is 11.6 Å². The van der Waals surface area contributed by atoms with Crippen LogP contribution in [0, 0.1) is 0 Å². The van der Waals surface area contributed by atoms with Gasteiger partial charge in [0.25, 0.3) is 0 Å². The van der Waals surface area contributed by atoms with Gasteiger partial charge >= 0.3 is 6.36 Å². The van der Waals surface area contributed by atoms with Crippen LogP contribution >= 0.6 is 0 Å². The second-order valence-electron chi connectivity index (χ2n) is 4.80. The van der Waals surface area contributed by atoms with Crippen molar-refractivity contribution in [2.45, 2.75) is 6.36 Å². The molecule has 0 aliphatic carbocycles. The van der Waals surface area contributed by atoms with Gasteiger partial charge in [0, 0.05) is 37.9 Å². The predicted octanol–water partition coefficient (Wildman–Crippen LogP) is 0.808. The molecule has 22 heavy (non-hydrogen) atoms. The van der Waals surface area contributed by atoms with Crippen molar-refractivity contribution in [1.29, 1.82) is 0 Å². The van der Waals surface area contributed by atoms with Crippen molar-refractivity contribution in [2.75, 3.05) is 43.4 Å². The molecule has 122 valence electrons. The molecule has 0 unspecified atom stereocenters. The van der Waals surface area contributed by atoms with Gasteiger partial charge in [0.2, 0.25) is 5.91 Å². The van der Waals surface area contributed by atoms with Crippen molar-refractivity contribution < 1.29 is 27.8 Å². The van der Waals surface area contributed by atoms with E-state index in [0.29, 0.717) is 31.9 Å². The lowest BCUT2D eigenvalue weighted by Crippen LogP contribution is -2.49. The Morgan fingerprint density at radius 3 is 2.45 bits per heavy atom. The van der Waals surface area contributed by atoms with E-state index in [0.717, 1.165) is 0 Å². The fourth-order valence-corrected chi connectivity index (χ4v) is 2.25. The average molecular weight is 319 g/mol. The Kier molecular flexibility index (Phi) is 4.65. The zero-order valence-electron chi connectivity index (χ0n) is 11.6. The number of nitrogens with two attached hydrogens (primary N) is 1. The Labute approximate surface area is 124 Å². The molecule has 3 N–H and O–H groups in total. The molecule has 1 aromatic rings. The summed E-state index contributed by atoms with van der Waals surface area (Å²) >= 11 is 0. The standard InChI is InChI=1S/C13H16F3N3O3/c14-13(15,16)22-11-7-9(1-2-10(11)17)18-3-5-19(6-4-18)12(21)8-20/h1-2,7,20H,3-6,8,17H2. The quantitative estimate of drug-likeness (QED) is 0.806. The summed E-state index contributed by atoms with van der Waals surface area (Å²) in [5, 5.41) is 8.80. The van der Waals surface area contributed by atoms with Gasteiger partial charge in [0.15, 0.2) is 5.75 Å². The van der Waals surface area contributed by atoms with Crippen molar-refractivity contribution >= 4 is 17.3 Å². The zero-order chi connectivity index (χ0) is 16.3. The number of hydrogen-bond donors (Lipinski definition) is 2. The SMILES string of the molecule is Nc1ccc(N2CCN(C(=O)CO)CC2)cc1OC(F)(F)F. The minimum Gasteiger partial charge on any atom is -0.404 e. The molecule has 0 aromatic heterocycles. The normalized spacial score (nSPS) is 15.8. The van der Waals surface area contributed by atoms with Crippen molar-refractivity contribution in [3.05, 3.63) is 18.2 Å². The summed E-state index contributed by atoms with van der Waals surface area (Å²) < 4.78 is 40.8. The smallest absolute Gasteiger partial charge is 0.404 e. The number of nitrogens with zero attached hydrogens (tertiary/aromatic N) is 2. The van der Waals surface area contributed by atoms with Gasteiger partial charge in [-0.2, -0.15) is 0 Å². The molecule has 0 atom stereocenters. The topological polar surface area (TPSA) is 79.0 Å². The maximum Gasteiger partial charge on any atom is 0.573 e. The number of carbonyl (C=O) groups excluding carboxylic acids is 1. The highest BCUT2D eigenvalue weighted by molar-refractivity contribution is 5.77. The van der Waals surface area contributed by atoms with E-state index >= 15 is 0 Å². The molecule has 0 radical (unpaired) electrons. The molecule has 1 heterocycles. The van der Waals surface area contributed by atoms with Gasteiger partial charge in [-0.25, -0.2) is 0 Å². The van der Waals surface area contributed by atoms with Crippen molar-refractivity contribution in [3.63, 3.8) is 0 Å². The Balaban J connectivity index is 2.08. The first kappa shape index (κ1) is 16.2. The molecule has 1 saturated heterocycles. The highest BCUT2D eigenvalue weighted by atomic mass is 19.4. The van der Waals surface area contributed by atoms with E-state index in [1.54, 1.807) is 6.07 Å². The Morgan fingerprint density at radius 2 is 1.91 bits per heavy atom. The summed E-state index contributed by atoms with van der Waals surface area (Å²) in [4.78, 5) is 14.7. The van der Waals surface area contributed by atoms with Gasteiger partial charge in [0.05, 0.1) is 5.69 Å². The molecular weight excluding hydrogens is 303 g/mol. The Hall–Kier alpha value is -2.16. The van der Waals surface area contributed by atoms with E-state index < -0.39 is 18.7 Å². The number of alkyl halides is 3. The van der Waals surface area contributed by atoms with Gasteiger partial charge in [-0.1, -0.05) is 0 Å². The van der Waals surface area contributed by atoms with Crippen LogP contribution in [0.25, 0.3) is 0 Å². The van der Waals surface area contributed by atoms with Crippen molar-refractivity contribution in [2.24, 2.45) is 0 Å². The van der Waals surface area contributed by atoms with E-state index in [9.17, 15) is 18.0 Å². The number of nitrogen functional groups attached to an aromatic ring is 1. The largest absolute Gasteiger partial charge is 0.573 e. The molecule has 0 spiro atoms. The number of halogens is 3. The van der Waals surface area contributed by atoms with E-state index in [1.807, 2.05) is 4.90 Å². The average Bonchev–Trinajstić information content (AvgIpc) is 2.47. The number of benzene rings is 1. The number of aliphatic hydroxyl groups is 1. The second kappa shape index (κ2) is 6.30. The predicted molar refractivity (Wildman–Crippen MR) is 73.4 cm³/mol. The van der Waals surface area contributed by atoms with Crippen LogP contribution in [-0.4, -0.2) is 55.1 Å². The third-order valence-electron chi connectivity index (χ3n) is 3.36. The summed E-state index contributed by atoms with van der Waals surface area (Å²) in [7, 11) is 0. The number of piperazine rings is 1. The lowest BCUT2D eigenvalue weighted by molar-refractivity contribution is -0.274. The van der Waals surface area contributed by atoms with Gasteiger partial charge in [-0.3, -0.25) is 4.79 Å². The van der Waals surface area contributed by atoms with Crippen molar-refractivity contribution in [1.82, 2.24) is 4.90 Å². The molecular formula is C13H16F3N3O3. The zero-order valence-corrected chi connectivity index (χ0v) is 11.6. The van der Waals surface area contributed by atoms with E-state index in [2.05, 4.69) is 4.74 Å². The lowest BCUT2D eigenvalue weighted by Gasteiger charge is -2.36. The molecule has 1 aromatic carbocycles. The number of rotatable bonds is 3. The first-order chi connectivity index (χ1) is 10.3. The summed E-state index contributed by atoms with van der Waals surface area (Å²) in [6.45, 7) is 1.12. The number of hydrogen-bond acceptors (Lipinski definition) is 5. The van der Waals surface area contributed by atoms with Crippen LogP contribution < -0.4 is 15.4 Å². The first-order valence-electron chi connectivity index (χ1n) is 6.59. The summed E-state index contributed by atoms with van der Waals surface area (Å²) in [5.74, 6) is -0.808. The second-order valence-corrected chi connectivity index (χ2v) is 4.80. The van der Waals surface area contributed by atoms with Crippen LogP contribution in [0.1, 0.15) is 0 Å². The van der Waals surface area contributed by atoms with Crippen LogP contribution in [0.4, 0.5) is 24.5 Å². The monoisotopic (exact) mass is 319 g/mol. The van der Waals surface area contributed by atoms with Gasteiger partial charge in [-0.15, -0.1) is 13.2 Å². The van der Waals surface area contributed by atoms with Crippen molar-refractivity contribution in [3.8, 4) is 5.75 Å². The van der Waals surface area contributed by atoms with Crippen LogP contribution in [0.2, 0.25) is 0 Å². The van der Waals surface area contributed by atoms with Crippen LogP contribution in [0.5, 0.6) is 5.75 Å². The van der Waals surface area contributed by atoms with Crippen LogP contribution in [0.3, 0.4) is 0 Å².